The summed E-state index contributed by atoms with van der Waals surface area (Å²) in [4.78, 5) is -0.195. The zero-order valence-electron chi connectivity index (χ0n) is 12.1. The Hall–Kier alpha value is -2.08. The smallest absolute Gasteiger partial charge is 0.262 e. The first-order valence-corrected chi connectivity index (χ1v) is 7.84. The fraction of sp³-hybridized carbons (Fsp3) is 0.200. The highest BCUT2D eigenvalue weighted by molar-refractivity contribution is 7.92. The van der Waals surface area contributed by atoms with Gasteiger partial charge in [-0.1, -0.05) is 17.7 Å². The second-order valence-corrected chi connectivity index (χ2v) is 6.78. The molecule has 2 rings (SSSR count). The van der Waals surface area contributed by atoms with Crippen molar-refractivity contribution in [2.75, 3.05) is 10.5 Å². The van der Waals surface area contributed by atoms with Crippen LogP contribution in [0.5, 0.6) is 0 Å². The topological polar surface area (TPSA) is 72.2 Å². The van der Waals surface area contributed by atoms with Gasteiger partial charge in [-0.25, -0.2) is 12.8 Å². The molecule has 0 unspecified atom stereocenters. The summed E-state index contributed by atoms with van der Waals surface area (Å²) in [6.07, 6.45) is 0. The summed E-state index contributed by atoms with van der Waals surface area (Å²) < 4.78 is 40.6. The van der Waals surface area contributed by atoms with Crippen LogP contribution in [0.15, 0.2) is 35.2 Å². The van der Waals surface area contributed by atoms with Crippen LogP contribution in [-0.2, 0) is 10.0 Å². The molecule has 0 saturated carbocycles. The second kappa shape index (κ2) is 5.37. The molecule has 0 aliphatic rings. The molecule has 0 atom stereocenters. The van der Waals surface area contributed by atoms with E-state index in [-0.39, 0.29) is 10.6 Å². The minimum atomic E-state index is -3.89. The number of nitrogens with two attached hydrogens (primary N) is 1. The number of rotatable bonds is 3. The number of halogens is 1. The molecular formula is C15H17FN2O2S. The maximum Gasteiger partial charge on any atom is 0.262 e. The van der Waals surface area contributed by atoms with Gasteiger partial charge < -0.3 is 5.73 Å². The van der Waals surface area contributed by atoms with Crippen LogP contribution >= 0.6 is 0 Å². The van der Waals surface area contributed by atoms with Crippen molar-refractivity contribution in [2.45, 2.75) is 25.7 Å². The number of nitrogen functional groups attached to an aromatic ring is 1. The quantitative estimate of drug-likeness (QED) is 0.856. The van der Waals surface area contributed by atoms with Crippen LogP contribution < -0.4 is 10.5 Å². The van der Waals surface area contributed by atoms with Gasteiger partial charge in [-0.3, -0.25) is 4.72 Å². The number of hydrogen-bond acceptors (Lipinski definition) is 3. The highest BCUT2D eigenvalue weighted by Crippen LogP contribution is 2.26. The Morgan fingerprint density at radius 2 is 1.57 bits per heavy atom. The van der Waals surface area contributed by atoms with E-state index in [9.17, 15) is 12.8 Å². The fourth-order valence-electron chi connectivity index (χ4n) is 2.27. The van der Waals surface area contributed by atoms with E-state index >= 15 is 0 Å². The van der Waals surface area contributed by atoms with E-state index in [0.29, 0.717) is 5.69 Å². The Morgan fingerprint density at radius 3 is 2.10 bits per heavy atom. The average molecular weight is 308 g/mol. The molecule has 0 amide bonds. The molecule has 2 aromatic rings. The van der Waals surface area contributed by atoms with Gasteiger partial charge in [0.15, 0.2) is 0 Å². The lowest BCUT2D eigenvalue weighted by Crippen LogP contribution is -2.15. The number of hydrogen-bond donors (Lipinski definition) is 2. The summed E-state index contributed by atoms with van der Waals surface area (Å²) >= 11 is 0. The van der Waals surface area contributed by atoms with Crippen LogP contribution in [0, 0.1) is 26.6 Å². The summed E-state index contributed by atoms with van der Waals surface area (Å²) in [5, 5.41) is 0. The molecule has 3 N–H and O–H groups in total. The molecule has 0 aliphatic heterocycles. The van der Waals surface area contributed by atoms with Gasteiger partial charge in [-0.2, -0.15) is 0 Å². The number of sulfonamides is 1. The van der Waals surface area contributed by atoms with Gasteiger partial charge in [-0.05, 0) is 50.1 Å². The molecule has 4 nitrogen and oxygen atoms in total. The summed E-state index contributed by atoms with van der Waals surface area (Å²) in [6, 6.07) is 7.00. The molecule has 6 heteroatoms. The van der Waals surface area contributed by atoms with Gasteiger partial charge in [0.25, 0.3) is 10.0 Å². The monoisotopic (exact) mass is 308 g/mol. The van der Waals surface area contributed by atoms with Crippen molar-refractivity contribution < 1.29 is 12.8 Å². The largest absolute Gasteiger partial charge is 0.399 e. The number of benzene rings is 2. The van der Waals surface area contributed by atoms with Crippen molar-refractivity contribution in [2.24, 2.45) is 0 Å². The number of aryl methyl sites for hydroxylation is 3. The van der Waals surface area contributed by atoms with Crippen LogP contribution in [0.3, 0.4) is 0 Å². The van der Waals surface area contributed by atoms with Gasteiger partial charge in [0.1, 0.15) is 5.82 Å². The molecule has 0 heterocycles. The Balaban J connectivity index is 2.47. The number of anilines is 2. The van der Waals surface area contributed by atoms with Gasteiger partial charge in [0.2, 0.25) is 0 Å². The van der Waals surface area contributed by atoms with E-state index in [1.807, 2.05) is 32.9 Å². The molecule has 0 radical (unpaired) electrons. The predicted octanol–water partition coefficient (Wildman–Crippen LogP) is 3.13. The van der Waals surface area contributed by atoms with E-state index in [2.05, 4.69) is 4.72 Å². The van der Waals surface area contributed by atoms with Crippen LogP contribution in [0.2, 0.25) is 0 Å². The normalized spacial score (nSPS) is 11.4. The Morgan fingerprint density at radius 1 is 1.00 bits per heavy atom. The Labute approximate surface area is 123 Å². The van der Waals surface area contributed by atoms with Gasteiger partial charge in [0.05, 0.1) is 10.6 Å². The van der Waals surface area contributed by atoms with Crippen molar-refractivity contribution >= 4 is 21.4 Å². The molecule has 0 aromatic heterocycles. The SMILES string of the molecule is Cc1cc(C)c(NS(=O)(=O)c2cc(N)cc(F)c2)c(C)c1. The van der Waals surface area contributed by atoms with Crippen LogP contribution in [0.25, 0.3) is 0 Å². The average Bonchev–Trinajstić information content (AvgIpc) is 2.32. The first-order valence-electron chi connectivity index (χ1n) is 6.36. The maximum atomic E-state index is 13.3. The van der Waals surface area contributed by atoms with E-state index in [1.54, 1.807) is 0 Å². The third kappa shape index (κ3) is 3.33. The maximum absolute atomic E-state index is 13.3. The lowest BCUT2D eigenvalue weighted by Gasteiger charge is -2.14. The standard InChI is InChI=1S/C15H17FN2O2S/c1-9-4-10(2)15(11(3)5-9)18-21(19,20)14-7-12(16)6-13(17)8-14/h4-8,18H,17H2,1-3H3. The minimum absolute atomic E-state index is 0.0627. The summed E-state index contributed by atoms with van der Waals surface area (Å²) in [5.41, 5.74) is 8.72. The van der Waals surface area contributed by atoms with Crippen molar-refractivity contribution in [3.63, 3.8) is 0 Å². The first kappa shape index (κ1) is 15.3. The van der Waals surface area contributed by atoms with Crippen molar-refractivity contribution in [3.8, 4) is 0 Å². The molecule has 2 aromatic carbocycles. The highest BCUT2D eigenvalue weighted by Gasteiger charge is 2.18. The van der Waals surface area contributed by atoms with Crippen molar-refractivity contribution in [3.05, 3.63) is 52.8 Å². The molecule has 0 bridgehead atoms. The molecule has 112 valence electrons. The number of nitrogens with one attached hydrogen (secondary N) is 1. The van der Waals surface area contributed by atoms with E-state index < -0.39 is 15.8 Å². The zero-order valence-corrected chi connectivity index (χ0v) is 12.9. The Kier molecular flexibility index (Phi) is 3.91. The van der Waals surface area contributed by atoms with Crippen LogP contribution in [0.1, 0.15) is 16.7 Å². The molecule has 0 saturated heterocycles. The van der Waals surface area contributed by atoms with Gasteiger partial charge in [0, 0.05) is 5.69 Å². The van der Waals surface area contributed by atoms with Gasteiger partial charge in [-0.15, -0.1) is 0 Å². The highest BCUT2D eigenvalue weighted by atomic mass is 32.2. The summed E-state index contributed by atoms with van der Waals surface area (Å²) in [6.45, 7) is 5.57. The van der Waals surface area contributed by atoms with E-state index in [4.69, 9.17) is 5.73 Å². The van der Waals surface area contributed by atoms with Crippen molar-refractivity contribution in [1.29, 1.82) is 0 Å². The summed E-state index contributed by atoms with van der Waals surface area (Å²) in [5.74, 6) is -0.687. The predicted molar refractivity (Wildman–Crippen MR) is 82.3 cm³/mol. The zero-order chi connectivity index (χ0) is 15.8. The second-order valence-electron chi connectivity index (χ2n) is 5.10. The van der Waals surface area contributed by atoms with Crippen molar-refractivity contribution in [1.82, 2.24) is 0 Å². The molecule has 0 aliphatic carbocycles. The van der Waals surface area contributed by atoms with E-state index in [1.165, 1.54) is 6.07 Å². The molecule has 21 heavy (non-hydrogen) atoms. The fourth-order valence-corrected chi connectivity index (χ4v) is 3.54. The van der Waals surface area contributed by atoms with E-state index in [0.717, 1.165) is 28.8 Å². The van der Waals surface area contributed by atoms with Gasteiger partial charge >= 0.3 is 0 Å². The molecular weight excluding hydrogens is 291 g/mol. The third-order valence-corrected chi connectivity index (χ3v) is 4.45. The molecule has 0 spiro atoms. The molecule has 0 fully saturated rings. The lowest BCUT2D eigenvalue weighted by molar-refractivity contribution is 0.595. The minimum Gasteiger partial charge on any atom is -0.399 e. The van der Waals surface area contributed by atoms with Crippen LogP contribution in [-0.4, -0.2) is 8.42 Å². The Bertz CT molecular complexity index is 758. The first-order chi connectivity index (χ1) is 9.69. The lowest BCUT2D eigenvalue weighted by atomic mass is 10.1. The third-order valence-electron chi connectivity index (χ3n) is 3.12. The van der Waals surface area contributed by atoms with Crippen LogP contribution in [0.4, 0.5) is 15.8 Å². The summed E-state index contributed by atoms with van der Waals surface area (Å²) in [7, 11) is -3.89.